The van der Waals surface area contributed by atoms with Gasteiger partial charge in [0, 0.05) is 12.0 Å². The summed E-state index contributed by atoms with van der Waals surface area (Å²) in [6.07, 6.45) is -1.05. The largest absolute Gasteiger partial charge is 0.495 e. The smallest absolute Gasteiger partial charge is 0.307 e. The third kappa shape index (κ3) is 5.67. The predicted molar refractivity (Wildman–Crippen MR) is 107 cm³/mol. The second-order valence-electron chi connectivity index (χ2n) is 6.56. The van der Waals surface area contributed by atoms with Crippen LogP contribution >= 0.6 is 0 Å². The van der Waals surface area contributed by atoms with E-state index in [-0.39, 0.29) is 18.6 Å². The number of esters is 1. The van der Waals surface area contributed by atoms with E-state index in [1.165, 1.54) is 14.0 Å². The molecule has 0 spiro atoms. The lowest BCUT2D eigenvalue weighted by Crippen LogP contribution is -2.30. The van der Waals surface area contributed by atoms with Crippen LogP contribution in [0.5, 0.6) is 5.75 Å². The zero-order valence-corrected chi connectivity index (χ0v) is 16.6. The van der Waals surface area contributed by atoms with Gasteiger partial charge in [-0.1, -0.05) is 29.8 Å². The van der Waals surface area contributed by atoms with Crippen molar-refractivity contribution in [1.29, 1.82) is 0 Å². The molecule has 2 aromatic carbocycles. The van der Waals surface area contributed by atoms with E-state index in [0.29, 0.717) is 17.0 Å². The molecule has 2 rings (SSSR count). The van der Waals surface area contributed by atoms with E-state index in [0.717, 1.165) is 11.1 Å². The Morgan fingerprint density at radius 2 is 1.75 bits per heavy atom. The van der Waals surface area contributed by atoms with Crippen molar-refractivity contribution in [3.05, 3.63) is 59.2 Å². The van der Waals surface area contributed by atoms with Crippen LogP contribution in [0.2, 0.25) is 0 Å². The van der Waals surface area contributed by atoms with Crippen molar-refractivity contribution in [2.24, 2.45) is 0 Å². The number of anilines is 1. The summed E-state index contributed by atoms with van der Waals surface area (Å²) in [5.41, 5.74) is 2.95. The van der Waals surface area contributed by atoms with E-state index in [9.17, 15) is 14.4 Å². The fourth-order valence-corrected chi connectivity index (χ4v) is 2.68. The van der Waals surface area contributed by atoms with Crippen molar-refractivity contribution in [2.45, 2.75) is 39.7 Å². The molecular weight excluding hydrogens is 358 g/mol. The maximum absolute atomic E-state index is 12.4. The molecule has 6 nitrogen and oxygen atoms in total. The van der Waals surface area contributed by atoms with E-state index in [4.69, 9.17) is 9.47 Å². The third-order valence-electron chi connectivity index (χ3n) is 4.29. The fourth-order valence-electron chi connectivity index (χ4n) is 2.68. The van der Waals surface area contributed by atoms with Gasteiger partial charge in [0.05, 0.1) is 19.2 Å². The van der Waals surface area contributed by atoms with E-state index in [1.54, 1.807) is 24.3 Å². The number of rotatable bonds is 8. The Bertz CT molecular complexity index is 875. The number of amides is 1. The molecule has 0 heterocycles. The maximum atomic E-state index is 12.4. The highest BCUT2D eigenvalue weighted by Crippen LogP contribution is 2.23. The average molecular weight is 383 g/mol. The van der Waals surface area contributed by atoms with Gasteiger partial charge < -0.3 is 14.8 Å². The highest BCUT2D eigenvalue weighted by Gasteiger charge is 2.20. The van der Waals surface area contributed by atoms with Gasteiger partial charge >= 0.3 is 5.97 Å². The minimum absolute atomic E-state index is 0.0317. The average Bonchev–Trinajstić information content (AvgIpc) is 2.68. The number of hydrogen-bond donors (Lipinski definition) is 1. The predicted octanol–water partition coefficient (Wildman–Crippen LogP) is 3.85. The minimum Gasteiger partial charge on any atom is -0.495 e. The molecule has 0 aliphatic heterocycles. The molecule has 6 heteroatoms. The summed E-state index contributed by atoms with van der Waals surface area (Å²) in [5, 5.41) is 2.66. The van der Waals surface area contributed by atoms with Gasteiger partial charge in [-0.3, -0.25) is 14.4 Å². The summed E-state index contributed by atoms with van der Waals surface area (Å²) >= 11 is 0. The number of Topliss-reactive ketones (excluding diaryl/α,β-unsaturated/α-hetero) is 1. The highest BCUT2D eigenvalue weighted by molar-refractivity contribution is 5.99. The van der Waals surface area contributed by atoms with Gasteiger partial charge in [-0.25, -0.2) is 0 Å². The first-order chi connectivity index (χ1) is 13.3. The molecule has 0 aromatic heterocycles. The van der Waals surface area contributed by atoms with Crippen molar-refractivity contribution < 1.29 is 23.9 Å². The third-order valence-corrected chi connectivity index (χ3v) is 4.29. The van der Waals surface area contributed by atoms with Crippen LogP contribution in [0, 0.1) is 13.8 Å². The van der Waals surface area contributed by atoms with Gasteiger partial charge in [0.1, 0.15) is 5.75 Å². The van der Waals surface area contributed by atoms with Crippen LogP contribution in [-0.2, 0) is 14.3 Å². The molecule has 28 heavy (non-hydrogen) atoms. The first-order valence-corrected chi connectivity index (χ1v) is 9.05. The van der Waals surface area contributed by atoms with Gasteiger partial charge in [-0.2, -0.15) is 0 Å². The number of aryl methyl sites for hydroxylation is 2. The second kappa shape index (κ2) is 9.69. The standard InChI is InChI=1S/C22H25NO5/c1-14-9-10-15(2)17(13-14)19(24)11-12-21(25)28-16(3)22(26)23-18-7-5-6-8-20(18)27-4/h5-10,13,16H,11-12H2,1-4H3,(H,23,26)/t16-/m1/s1. The number of carbonyl (C=O) groups excluding carboxylic acids is 3. The van der Waals surface area contributed by atoms with Gasteiger partial charge in [0.2, 0.25) is 0 Å². The number of carbonyl (C=O) groups is 3. The summed E-state index contributed by atoms with van der Waals surface area (Å²) in [5.74, 6) is -0.683. The van der Waals surface area contributed by atoms with Crippen LogP contribution in [0.3, 0.4) is 0 Å². The Morgan fingerprint density at radius 3 is 2.46 bits per heavy atom. The van der Waals surface area contributed by atoms with Crippen LogP contribution < -0.4 is 10.1 Å². The van der Waals surface area contributed by atoms with Crippen LogP contribution in [-0.4, -0.2) is 30.9 Å². The van der Waals surface area contributed by atoms with Gasteiger partial charge in [0.25, 0.3) is 5.91 Å². The molecule has 0 unspecified atom stereocenters. The molecular formula is C22H25NO5. The quantitative estimate of drug-likeness (QED) is 0.553. The van der Waals surface area contributed by atoms with Gasteiger partial charge in [-0.15, -0.1) is 0 Å². The summed E-state index contributed by atoms with van der Waals surface area (Å²) in [7, 11) is 1.50. The van der Waals surface area contributed by atoms with Crippen molar-refractivity contribution in [1.82, 2.24) is 0 Å². The SMILES string of the molecule is COc1ccccc1NC(=O)[C@@H](C)OC(=O)CCC(=O)c1cc(C)ccc1C. The molecule has 2 aromatic rings. The molecule has 0 aliphatic rings. The molecule has 1 atom stereocenters. The number of ether oxygens (including phenoxy) is 2. The Kier molecular flexibility index (Phi) is 7.32. The summed E-state index contributed by atoms with van der Waals surface area (Å²) < 4.78 is 10.3. The van der Waals surface area contributed by atoms with Crippen LogP contribution in [0.1, 0.15) is 41.3 Å². The van der Waals surface area contributed by atoms with E-state index in [2.05, 4.69) is 5.32 Å². The summed E-state index contributed by atoms with van der Waals surface area (Å²) in [4.78, 5) is 36.6. The highest BCUT2D eigenvalue weighted by atomic mass is 16.5. The molecule has 0 fully saturated rings. The molecule has 148 valence electrons. The van der Waals surface area contributed by atoms with E-state index < -0.39 is 18.0 Å². The van der Waals surface area contributed by atoms with Gasteiger partial charge in [0.15, 0.2) is 11.9 Å². The van der Waals surface area contributed by atoms with E-state index in [1.807, 2.05) is 32.0 Å². The zero-order chi connectivity index (χ0) is 20.7. The molecule has 0 radical (unpaired) electrons. The fraction of sp³-hybridized carbons (Fsp3) is 0.318. The summed E-state index contributed by atoms with van der Waals surface area (Å²) in [6.45, 7) is 5.25. The van der Waals surface area contributed by atoms with Crippen molar-refractivity contribution in [3.8, 4) is 5.75 Å². The normalized spacial score (nSPS) is 11.4. The number of nitrogens with one attached hydrogen (secondary N) is 1. The molecule has 1 amide bonds. The molecule has 1 N–H and O–H groups in total. The first kappa shape index (κ1) is 21.2. The Hall–Kier alpha value is -3.15. The van der Waals surface area contributed by atoms with E-state index >= 15 is 0 Å². The molecule has 0 bridgehead atoms. The Balaban J connectivity index is 1.87. The topological polar surface area (TPSA) is 81.7 Å². The maximum Gasteiger partial charge on any atom is 0.307 e. The zero-order valence-electron chi connectivity index (χ0n) is 16.6. The number of benzene rings is 2. The van der Waals surface area contributed by atoms with Crippen LogP contribution in [0.4, 0.5) is 5.69 Å². The van der Waals surface area contributed by atoms with Gasteiger partial charge in [-0.05, 0) is 44.5 Å². The van der Waals surface area contributed by atoms with Crippen molar-refractivity contribution >= 4 is 23.3 Å². The number of ketones is 1. The number of methoxy groups -OCH3 is 1. The lowest BCUT2D eigenvalue weighted by Gasteiger charge is -2.15. The lowest BCUT2D eigenvalue weighted by molar-refractivity contribution is -0.153. The van der Waals surface area contributed by atoms with Crippen molar-refractivity contribution in [3.63, 3.8) is 0 Å². The first-order valence-electron chi connectivity index (χ1n) is 9.05. The lowest BCUT2D eigenvalue weighted by atomic mass is 9.99. The Morgan fingerprint density at radius 1 is 1.04 bits per heavy atom. The minimum atomic E-state index is -0.992. The molecule has 0 saturated carbocycles. The van der Waals surface area contributed by atoms with Crippen LogP contribution in [0.15, 0.2) is 42.5 Å². The Labute approximate surface area is 164 Å². The monoisotopic (exact) mass is 383 g/mol. The van der Waals surface area contributed by atoms with Crippen molar-refractivity contribution in [2.75, 3.05) is 12.4 Å². The number of hydrogen-bond acceptors (Lipinski definition) is 5. The van der Waals surface area contributed by atoms with Crippen LogP contribution in [0.25, 0.3) is 0 Å². The second-order valence-corrected chi connectivity index (χ2v) is 6.56. The number of para-hydroxylation sites is 2. The summed E-state index contributed by atoms with van der Waals surface area (Å²) in [6, 6.07) is 12.6. The molecule has 0 saturated heterocycles. The molecule has 0 aliphatic carbocycles.